The number of rotatable bonds is 5. The molecule has 2 rings (SSSR count). The number of nitrogens with one attached hydrogen (secondary N) is 2. The minimum atomic E-state index is -3.54. The second-order valence-corrected chi connectivity index (χ2v) is 7.88. The van der Waals surface area contributed by atoms with E-state index in [2.05, 4.69) is 19.9 Å². The Morgan fingerprint density at radius 3 is 2.64 bits per heavy atom. The highest BCUT2D eigenvalue weighted by molar-refractivity contribution is 7.87. The summed E-state index contributed by atoms with van der Waals surface area (Å²) in [6.07, 6.45) is 1.27. The molecule has 1 aliphatic heterocycles. The van der Waals surface area contributed by atoms with Crippen LogP contribution in [0.25, 0.3) is 0 Å². The van der Waals surface area contributed by atoms with Gasteiger partial charge in [0.05, 0.1) is 0 Å². The first-order valence-corrected chi connectivity index (χ1v) is 8.50. The molecule has 1 aromatic heterocycles. The molecule has 2 heterocycles. The third-order valence-corrected chi connectivity index (χ3v) is 5.47. The zero-order chi connectivity index (χ0) is 16.5. The van der Waals surface area contributed by atoms with Crippen molar-refractivity contribution in [2.24, 2.45) is 11.8 Å². The Hall–Kier alpha value is -1.52. The van der Waals surface area contributed by atoms with Gasteiger partial charge in [0, 0.05) is 33.2 Å². The van der Waals surface area contributed by atoms with Crippen molar-refractivity contribution >= 4 is 16.1 Å². The summed E-state index contributed by atoms with van der Waals surface area (Å²) in [6, 6.07) is -0.320. The second kappa shape index (κ2) is 6.31. The molecule has 2 atom stereocenters. The number of aromatic nitrogens is 3. The van der Waals surface area contributed by atoms with Crippen LogP contribution < -0.4 is 4.72 Å². The summed E-state index contributed by atoms with van der Waals surface area (Å²) in [6.45, 7) is 4.83. The van der Waals surface area contributed by atoms with Crippen molar-refractivity contribution in [1.82, 2.24) is 29.1 Å². The summed E-state index contributed by atoms with van der Waals surface area (Å²) in [5, 5.41) is 6.21. The molecule has 1 saturated heterocycles. The zero-order valence-electron chi connectivity index (χ0n) is 13.1. The molecule has 0 radical (unpaired) electrons. The lowest BCUT2D eigenvalue weighted by molar-refractivity contribution is 0.0771. The number of carbonyl (C=O) groups is 1. The molecular formula is C12H22N6O3S. The van der Waals surface area contributed by atoms with Crippen LogP contribution in [-0.2, 0) is 10.2 Å². The van der Waals surface area contributed by atoms with Crippen LogP contribution in [0, 0.1) is 11.8 Å². The first kappa shape index (κ1) is 16.8. The molecule has 2 N–H and O–H groups in total. The van der Waals surface area contributed by atoms with Crippen LogP contribution in [0.3, 0.4) is 0 Å². The van der Waals surface area contributed by atoms with Crippen LogP contribution in [0.2, 0.25) is 0 Å². The van der Waals surface area contributed by atoms with E-state index in [0.717, 1.165) is 4.31 Å². The van der Waals surface area contributed by atoms with Crippen molar-refractivity contribution in [2.45, 2.75) is 19.9 Å². The molecule has 0 saturated carbocycles. The average molecular weight is 330 g/mol. The van der Waals surface area contributed by atoms with Gasteiger partial charge in [0.15, 0.2) is 0 Å². The van der Waals surface area contributed by atoms with Crippen molar-refractivity contribution in [3.63, 3.8) is 0 Å². The molecule has 0 unspecified atom stereocenters. The maximum Gasteiger partial charge on any atom is 0.291 e. The SMILES string of the molecule is CC(C)[C@@H]1CN(C(=O)c2ncn[nH]2)C[C@H]1NS(=O)(=O)N(C)C. The first-order valence-electron chi connectivity index (χ1n) is 7.06. The van der Waals surface area contributed by atoms with Gasteiger partial charge in [0.25, 0.3) is 16.1 Å². The summed E-state index contributed by atoms with van der Waals surface area (Å²) < 4.78 is 27.9. The van der Waals surface area contributed by atoms with Gasteiger partial charge in [-0.1, -0.05) is 13.8 Å². The molecular weight excluding hydrogens is 308 g/mol. The smallest absolute Gasteiger partial charge is 0.291 e. The van der Waals surface area contributed by atoms with Crippen LogP contribution in [0.5, 0.6) is 0 Å². The van der Waals surface area contributed by atoms with Gasteiger partial charge in [-0.25, -0.2) is 4.98 Å². The van der Waals surface area contributed by atoms with E-state index < -0.39 is 10.2 Å². The third-order valence-electron chi connectivity index (χ3n) is 3.91. The Morgan fingerprint density at radius 1 is 1.45 bits per heavy atom. The molecule has 10 heteroatoms. The van der Waals surface area contributed by atoms with Crippen molar-refractivity contribution in [2.75, 3.05) is 27.2 Å². The van der Waals surface area contributed by atoms with Crippen LogP contribution in [0.1, 0.15) is 24.5 Å². The lowest BCUT2D eigenvalue weighted by Crippen LogP contribution is -2.46. The van der Waals surface area contributed by atoms with E-state index in [1.54, 1.807) is 4.90 Å². The lowest BCUT2D eigenvalue weighted by Gasteiger charge is -2.24. The van der Waals surface area contributed by atoms with E-state index >= 15 is 0 Å². The minimum absolute atomic E-state index is 0.0431. The van der Waals surface area contributed by atoms with Crippen molar-refractivity contribution in [1.29, 1.82) is 0 Å². The van der Waals surface area contributed by atoms with Gasteiger partial charge < -0.3 is 4.90 Å². The Bertz CT molecular complexity index is 613. The molecule has 1 aliphatic rings. The van der Waals surface area contributed by atoms with Gasteiger partial charge in [-0.3, -0.25) is 9.89 Å². The van der Waals surface area contributed by atoms with Gasteiger partial charge in [0.1, 0.15) is 6.33 Å². The van der Waals surface area contributed by atoms with Crippen molar-refractivity contribution in [3.8, 4) is 0 Å². The normalized spacial score (nSPS) is 22.7. The molecule has 0 bridgehead atoms. The highest BCUT2D eigenvalue weighted by Gasteiger charge is 2.40. The van der Waals surface area contributed by atoms with E-state index in [0.29, 0.717) is 13.1 Å². The average Bonchev–Trinajstić information content (AvgIpc) is 3.05. The molecule has 0 spiro atoms. The van der Waals surface area contributed by atoms with Crippen LogP contribution in [0.15, 0.2) is 6.33 Å². The largest absolute Gasteiger partial charge is 0.334 e. The number of hydrogen-bond acceptors (Lipinski definition) is 5. The summed E-state index contributed by atoms with van der Waals surface area (Å²) in [5.74, 6) is 0.178. The van der Waals surface area contributed by atoms with Crippen LogP contribution in [-0.4, -0.2) is 71.9 Å². The number of amides is 1. The molecule has 1 fully saturated rings. The topological polar surface area (TPSA) is 111 Å². The molecule has 9 nitrogen and oxygen atoms in total. The molecule has 1 aromatic rings. The zero-order valence-corrected chi connectivity index (χ0v) is 14.0. The van der Waals surface area contributed by atoms with Gasteiger partial charge >= 0.3 is 0 Å². The van der Waals surface area contributed by atoms with Gasteiger partial charge in [-0.05, 0) is 11.8 Å². The number of hydrogen-bond donors (Lipinski definition) is 2. The third kappa shape index (κ3) is 3.45. The summed E-state index contributed by atoms with van der Waals surface area (Å²) in [5.41, 5.74) is 0. The first-order chi connectivity index (χ1) is 10.2. The Morgan fingerprint density at radius 2 is 2.14 bits per heavy atom. The second-order valence-electron chi connectivity index (χ2n) is 5.96. The molecule has 1 amide bonds. The highest BCUT2D eigenvalue weighted by atomic mass is 32.2. The quantitative estimate of drug-likeness (QED) is 0.741. The Balaban J connectivity index is 2.15. The van der Waals surface area contributed by atoms with E-state index in [4.69, 9.17) is 0 Å². The van der Waals surface area contributed by atoms with Gasteiger partial charge in [0.2, 0.25) is 5.82 Å². The van der Waals surface area contributed by atoms with Crippen LogP contribution >= 0.6 is 0 Å². The standard InChI is InChI=1S/C12H22N6O3S/c1-8(2)9-5-18(12(19)11-13-7-14-15-11)6-10(9)16-22(20,21)17(3)4/h7-10,16H,5-6H2,1-4H3,(H,13,14,15)/t9-,10+/m0/s1. The number of likely N-dealkylation sites (tertiary alicyclic amines) is 1. The maximum atomic E-state index is 12.3. The molecule has 22 heavy (non-hydrogen) atoms. The monoisotopic (exact) mass is 330 g/mol. The molecule has 0 aromatic carbocycles. The fourth-order valence-corrected chi connectivity index (χ4v) is 3.39. The Kier molecular flexibility index (Phi) is 4.83. The van der Waals surface area contributed by atoms with E-state index in [9.17, 15) is 13.2 Å². The van der Waals surface area contributed by atoms with E-state index in [1.165, 1.54) is 20.4 Å². The fourth-order valence-electron chi connectivity index (χ4n) is 2.55. The number of carbonyl (C=O) groups excluding carboxylic acids is 1. The van der Waals surface area contributed by atoms with Gasteiger partial charge in [-0.15, -0.1) is 0 Å². The van der Waals surface area contributed by atoms with Crippen molar-refractivity contribution < 1.29 is 13.2 Å². The van der Waals surface area contributed by atoms with E-state index in [-0.39, 0.29) is 29.6 Å². The molecule has 0 aliphatic carbocycles. The fraction of sp³-hybridized carbons (Fsp3) is 0.750. The minimum Gasteiger partial charge on any atom is -0.334 e. The lowest BCUT2D eigenvalue weighted by atomic mass is 9.92. The summed E-state index contributed by atoms with van der Waals surface area (Å²) in [7, 11) is -0.599. The molecule has 124 valence electrons. The number of H-pyrrole nitrogens is 1. The van der Waals surface area contributed by atoms with Gasteiger partial charge in [-0.2, -0.15) is 22.5 Å². The number of nitrogens with zero attached hydrogens (tertiary/aromatic N) is 4. The maximum absolute atomic E-state index is 12.3. The number of aromatic amines is 1. The predicted molar refractivity (Wildman–Crippen MR) is 80.1 cm³/mol. The van der Waals surface area contributed by atoms with Crippen LogP contribution in [0.4, 0.5) is 0 Å². The summed E-state index contributed by atoms with van der Waals surface area (Å²) >= 11 is 0. The Labute approximate surface area is 130 Å². The highest BCUT2D eigenvalue weighted by Crippen LogP contribution is 2.26. The van der Waals surface area contributed by atoms with Crippen molar-refractivity contribution in [3.05, 3.63) is 12.2 Å². The van der Waals surface area contributed by atoms with E-state index in [1.807, 2.05) is 13.8 Å². The summed E-state index contributed by atoms with van der Waals surface area (Å²) in [4.78, 5) is 17.8. The predicted octanol–water partition coefficient (Wildman–Crippen LogP) is -0.703.